The van der Waals surface area contributed by atoms with Crippen LogP contribution in [-0.2, 0) is 0 Å². The summed E-state index contributed by atoms with van der Waals surface area (Å²) in [6, 6.07) is 19.5. The zero-order valence-corrected chi connectivity index (χ0v) is 20.2. The Morgan fingerprint density at radius 1 is 0.971 bits per heavy atom. The standard InChI is InChI=1S/C29H27NO5/c1-17(2)16-34-23-13-12-19(15-24(23)33-4)26-25-27(31)21-10-5-6-11-22(21)35-28(25)29(32)30(26)20-9-7-8-18(3)14-20/h5-15,17,26H,16H2,1-4H3. The molecular weight excluding hydrogens is 442 g/mol. The first-order valence-corrected chi connectivity index (χ1v) is 11.7. The van der Waals surface area contributed by atoms with E-state index in [-0.39, 0.29) is 17.1 Å². The van der Waals surface area contributed by atoms with Crippen LogP contribution in [0.15, 0.2) is 75.9 Å². The zero-order chi connectivity index (χ0) is 24.7. The van der Waals surface area contributed by atoms with Crippen molar-refractivity contribution < 1.29 is 18.7 Å². The topological polar surface area (TPSA) is 69.0 Å². The number of anilines is 1. The summed E-state index contributed by atoms with van der Waals surface area (Å²) in [5, 5.41) is 0.444. The Labute approximate surface area is 203 Å². The minimum atomic E-state index is -0.673. The van der Waals surface area contributed by atoms with Crippen molar-refractivity contribution in [3.8, 4) is 11.5 Å². The van der Waals surface area contributed by atoms with Gasteiger partial charge in [-0.15, -0.1) is 0 Å². The number of carbonyl (C=O) groups is 1. The van der Waals surface area contributed by atoms with E-state index >= 15 is 0 Å². The highest BCUT2D eigenvalue weighted by atomic mass is 16.5. The molecule has 6 nitrogen and oxygen atoms in total. The highest BCUT2D eigenvalue weighted by molar-refractivity contribution is 6.10. The maximum Gasteiger partial charge on any atom is 0.295 e. The fourth-order valence-corrected chi connectivity index (χ4v) is 4.51. The van der Waals surface area contributed by atoms with Crippen LogP contribution in [0, 0.1) is 12.8 Å². The molecule has 1 aliphatic rings. The van der Waals surface area contributed by atoms with E-state index in [1.54, 1.807) is 36.3 Å². The molecule has 6 heteroatoms. The third kappa shape index (κ3) is 3.95. The molecule has 0 fully saturated rings. The van der Waals surface area contributed by atoms with Crippen molar-refractivity contribution in [2.24, 2.45) is 5.92 Å². The highest BCUT2D eigenvalue weighted by Crippen LogP contribution is 2.43. The largest absolute Gasteiger partial charge is 0.493 e. The SMILES string of the molecule is COc1cc(C2c3c(oc4ccccc4c3=O)C(=O)N2c2cccc(C)c2)ccc1OCC(C)C. The molecule has 3 aromatic carbocycles. The van der Waals surface area contributed by atoms with Gasteiger partial charge in [0.15, 0.2) is 16.9 Å². The van der Waals surface area contributed by atoms with E-state index in [1.807, 2.05) is 49.4 Å². The van der Waals surface area contributed by atoms with Crippen LogP contribution in [-0.4, -0.2) is 19.6 Å². The third-order valence-electron chi connectivity index (χ3n) is 6.13. The first kappa shape index (κ1) is 22.7. The molecule has 1 aliphatic heterocycles. The predicted molar refractivity (Wildman–Crippen MR) is 136 cm³/mol. The highest BCUT2D eigenvalue weighted by Gasteiger charge is 2.44. The summed E-state index contributed by atoms with van der Waals surface area (Å²) >= 11 is 0. The molecule has 0 spiro atoms. The molecule has 2 heterocycles. The van der Waals surface area contributed by atoms with Gasteiger partial charge in [0, 0.05) is 5.69 Å². The lowest BCUT2D eigenvalue weighted by atomic mass is 9.97. The number of methoxy groups -OCH3 is 1. The third-order valence-corrected chi connectivity index (χ3v) is 6.13. The van der Waals surface area contributed by atoms with E-state index in [9.17, 15) is 9.59 Å². The number of carbonyl (C=O) groups excluding carboxylic acids is 1. The first-order valence-electron chi connectivity index (χ1n) is 11.7. The van der Waals surface area contributed by atoms with Gasteiger partial charge in [0.2, 0.25) is 5.76 Å². The summed E-state index contributed by atoms with van der Waals surface area (Å²) in [7, 11) is 1.58. The number of rotatable bonds is 6. The lowest BCUT2D eigenvalue weighted by Crippen LogP contribution is -2.29. The van der Waals surface area contributed by atoms with Gasteiger partial charge in [-0.1, -0.05) is 44.2 Å². The van der Waals surface area contributed by atoms with Gasteiger partial charge in [0.05, 0.1) is 30.7 Å². The molecule has 1 aromatic heterocycles. The van der Waals surface area contributed by atoms with Crippen LogP contribution < -0.4 is 19.8 Å². The van der Waals surface area contributed by atoms with Gasteiger partial charge >= 0.3 is 0 Å². The molecule has 0 bridgehead atoms. The van der Waals surface area contributed by atoms with E-state index in [2.05, 4.69) is 13.8 Å². The second kappa shape index (κ2) is 8.95. The number of hydrogen-bond acceptors (Lipinski definition) is 5. The molecule has 1 amide bonds. The Bertz CT molecular complexity index is 1490. The van der Waals surface area contributed by atoms with Crippen LogP contribution in [0.4, 0.5) is 5.69 Å². The first-order chi connectivity index (χ1) is 16.9. The van der Waals surface area contributed by atoms with Crippen LogP contribution in [0.5, 0.6) is 11.5 Å². The molecule has 35 heavy (non-hydrogen) atoms. The average Bonchev–Trinajstić information content (AvgIpc) is 3.15. The molecule has 0 N–H and O–H groups in total. The van der Waals surface area contributed by atoms with Crippen LogP contribution in [0.25, 0.3) is 11.0 Å². The number of nitrogens with zero attached hydrogens (tertiary/aromatic N) is 1. The normalized spacial score (nSPS) is 15.1. The van der Waals surface area contributed by atoms with Gasteiger partial charge < -0.3 is 13.9 Å². The van der Waals surface area contributed by atoms with Crippen molar-refractivity contribution in [2.45, 2.75) is 26.8 Å². The number of amides is 1. The van der Waals surface area contributed by atoms with E-state index in [0.29, 0.717) is 46.2 Å². The van der Waals surface area contributed by atoms with Crippen LogP contribution in [0.1, 0.15) is 47.1 Å². The second-order valence-corrected chi connectivity index (χ2v) is 9.20. The van der Waals surface area contributed by atoms with E-state index in [0.717, 1.165) is 11.1 Å². The van der Waals surface area contributed by atoms with Crippen molar-refractivity contribution in [1.29, 1.82) is 0 Å². The summed E-state index contributed by atoms with van der Waals surface area (Å²) in [6.45, 7) is 6.66. The lowest BCUT2D eigenvalue weighted by molar-refractivity contribution is 0.0971. The van der Waals surface area contributed by atoms with Crippen LogP contribution in [0.3, 0.4) is 0 Å². The molecule has 0 aliphatic carbocycles. The van der Waals surface area contributed by atoms with Gasteiger partial charge in [0.25, 0.3) is 5.91 Å². The smallest absolute Gasteiger partial charge is 0.295 e. The molecular formula is C29H27NO5. The number of aryl methyl sites for hydroxylation is 1. The number of para-hydroxylation sites is 1. The van der Waals surface area contributed by atoms with Gasteiger partial charge in [-0.3, -0.25) is 14.5 Å². The van der Waals surface area contributed by atoms with Gasteiger partial charge in [-0.25, -0.2) is 0 Å². The van der Waals surface area contributed by atoms with Crippen molar-refractivity contribution in [3.63, 3.8) is 0 Å². The zero-order valence-electron chi connectivity index (χ0n) is 20.2. The molecule has 1 unspecified atom stereocenters. The molecule has 1 atom stereocenters. The maximum absolute atomic E-state index is 13.7. The number of ether oxygens (including phenoxy) is 2. The minimum Gasteiger partial charge on any atom is -0.493 e. The van der Waals surface area contributed by atoms with Crippen LogP contribution in [0.2, 0.25) is 0 Å². The minimum absolute atomic E-state index is 0.0688. The number of fused-ring (bicyclic) bond motifs is 2. The summed E-state index contributed by atoms with van der Waals surface area (Å²) in [6.07, 6.45) is 0. The Morgan fingerprint density at radius 2 is 1.77 bits per heavy atom. The predicted octanol–water partition coefficient (Wildman–Crippen LogP) is 5.89. The molecule has 4 aromatic rings. The van der Waals surface area contributed by atoms with Crippen molar-refractivity contribution in [2.75, 3.05) is 18.6 Å². The summed E-state index contributed by atoms with van der Waals surface area (Å²) in [5.74, 6) is 1.23. The maximum atomic E-state index is 13.7. The lowest BCUT2D eigenvalue weighted by Gasteiger charge is -2.26. The van der Waals surface area contributed by atoms with E-state index < -0.39 is 6.04 Å². The Hall–Kier alpha value is -4.06. The van der Waals surface area contributed by atoms with Gasteiger partial charge in [-0.05, 0) is 60.4 Å². The monoisotopic (exact) mass is 469 g/mol. The van der Waals surface area contributed by atoms with Crippen LogP contribution >= 0.6 is 0 Å². The molecule has 5 rings (SSSR count). The fourth-order valence-electron chi connectivity index (χ4n) is 4.51. The van der Waals surface area contributed by atoms with Crippen molar-refractivity contribution >= 4 is 22.6 Å². The van der Waals surface area contributed by atoms with Gasteiger partial charge in [0.1, 0.15) is 5.58 Å². The second-order valence-electron chi connectivity index (χ2n) is 9.20. The van der Waals surface area contributed by atoms with Crippen molar-refractivity contribution in [1.82, 2.24) is 0 Å². The van der Waals surface area contributed by atoms with E-state index in [1.165, 1.54) is 0 Å². The fraction of sp³-hybridized carbons (Fsp3) is 0.241. The Balaban J connectivity index is 1.72. The summed E-state index contributed by atoms with van der Waals surface area (Å²) in [4.78, 5) is 29.1. The Morgan fingerprint density at radius 3 is 2.51 bits per heavy atom. The molecule has 178 valence electrons. The Kier molecular flexibility index (Phi) is 5.81. The molecule has 0 saturated heterocycles. The van der Waals surface area contributed by atoms with Crippen molar-refractivity contribution in [3.05, 3.63) is 99.4 Å². The molecule has 0 saturated carbocycles. The number of hydrogen-bond donors (Lipinski definition) is 0. The van der Waals surface area contributed by atoms with E-state index in [4.69, 9.17) is 13.9 Å². The molecule has 0 radical (unpaired) electrons. The summed E-state index contributed by atoms with van der Waals surface area (Å²) < 4.78 is 17.6. The summed E-state index contributed by atoms with van der Waals surface area (Å²) in [5.41, 5.74) is 2.93. The quantitative estimate of drug-likeness (QED) is 0.352. The van der Waals surface area contributed by atoms with Gasteiger partial charge in [-0.2, -0.15) is 0 Å². The number of benzene rings is 3. The average molecular weight is 470 g/mol.